The van der Waals surface area contributed by atoms with Crippen LogP contribution in [0.2, 0.25) is 0 Å². The number of rotatable bonds is 5. The molecule has 1 unspecified atom stereocenters. The van der Waals surface area contributed by atoms with E-state index in [1.54, 1.807) is 0 Å². The number of carbonyl (C=O) groups is 1. The molecule has 3 aliphatic rings. The highest BCUT2D eigenvalue weighted by Crippen LogP contribution is 2.28. The third-order valence-electron chi connectivity index (χ3n) is 6.64. The van der Waals surface area contributed by atoms with E-state index in [0.29, 0.717) is 19.0 Å². The molecule has 7 nitrogen and oxygen atoms in total. The van der Waals surface area contributed by atoms with E-state index < -0.39 is 15.9 Å². The standard InChI is InChI=1S/C22H33N3O4S/c26-22(25-8-6-19(7-9-25)18-23-10-14-29-15-11-23)21(20-4-2-1-3-5-20)24-12-16-30(27,28)17-13-24/h1-5,19,21H,6-18H2. The molecule has 3 fully saturated rings. The predicted molar refractivity (Wildman–Crippen MR) is 116 cm³/mol. The van der Waals surface area contributed by atoms with Crippen molar-refractivity contribution in [1.29, 1.82) is 0 Å². The summed E-state index contributed by atoms with van der Waals surface area (Å²) in [6.45, 7) is 7.15. The second-order valence-corrected chi connectivity index (χ2v) is 11.0. The number of carbonyl (C=O) groups excluding carboxylic acids is 1. The average molecular weight is 436 g/mol. The SMILES string of the molecule is O=C(C(c1ccccc1)N1CCS(=O)(=O)CC1)N1CCC(CN2CCOCC2)CC1. The van der Waals surface area contributed by atoms with E-state index in [1.165, 1.54) is 0 Å². The lowest BCUT2D eigenvalue weighted by Crippen LogP contribution is -2.50. The summed E-state index contributed by atoms with van der Waals surface area (Å²) < 4.78 is 29.2. The summed E-state index contributed by atoms with van der Waals surface area (Å²) >= 11 is 0. The van der Waals surface area contributed by atoms with Crippen LogP contribution >= 0.6 is 0 Å². The van der Waals surface area contributed by atoms with E-state index in [2.05, 4.69) is 9.80 Å². The molecule has 0 radical (unpaired) electrons. The molecule has 0 bridgehead atoms. The molecule has 4 rings (SSSR count). The van der Waals surface area contributed by atoms with Crippen LogP contribution in [0, 0.1) is 5.92 Å². The van der Waals surface area contributed by atoms with Gasteiger partial charge in [-0.2, -0.15) is 0 Å². The first kappa shape index (κ1) is 21.7. The van der Waals surface area contributed by atoms with Gasteiger partial charge in [0.25, 0.3) is 0 Å². The molecule has 0 saturated carbocycles. The summed E-state index contributed by atoms with van der Waals surface area (Å²) in [5.74, 6) is 1.00. The van der Waals surface area contributed by atoms with E-state index in [1.807, 2.05) is 35.2 Å². The Morgan fingerprint density at radius 2 is 1.60 bits per heavy atom. The fraction of sp³-hybridized carbons (Fsp3) is 0.682. The molecule has 0 aliphatic carbocycles. The highest BCUT2D eigenvalue weighted by Gasteiger charge is 2.36. The summed E-state index contributed by atoms with van der Waals surface area (Å²) in [5, 5.41) is 0. The van der Waals surface area contributed by atoms with Crippen molar-refractivity contribution in [3.63, 3.8) is 0 Å². The van der Waals surface area contributed by atoms with E-state index in [9.17, 15) is 13.2 Å². The first-order chi connectivity index (χ1) is 14.5. The van der Waals surface area contributed by atoms with E-state index >= 15 is 0 Å². The first-order valence-corrected chi connectivity index (χ1v) is 12.9. The lowest BCUT2D eigenvalue weighted by molar-refractivity contribution is -0.138. The number of piperidine rings is 1. The Hall–Kier alpha value is -1.48. The number of amides is 1. The van der Waals surface area contributed by atoms with Crippen LogP contribution < -0.4 is 0 Å². The molecular weight excluding hydrogens is 402 g/mol. The van der Waals surface area contributed by atoms with Crippen molar-refractivity contribution in [2.45, 2.75) is 18.9 Å². The van der Waals surface area contributed by atoms with Crippen molar-refractivity contribution in [3.8, 4) is 0 Å². The molecule has 30 heavy (non-hydrogen) atoms. The molecule has 3 saturated heterocycles. The molecule has 8 heteroatoms. The smallest absolute Gasteiger partial charge is 0.244 e. The Bertz CT molecular complexity index is 789. The van der Waals surface area contributed by atoms with Gasteiger partial charge in [0.2, 0.25) is 5.91 Å². The Morgan fingerprint density at radius 1 is 0.967 bits per heavy atom. The lowest BCUT2D eigenvalue weighted by atomic mass is 9.94. The van der Waals surface area contributed by atoms with Gasteiger partial charge >= 0.3 is 0 Å². The largest absolute Gasteiger partial charge is 0.379 e. The number of hydrogen-bond donors (Lipinski definition) is 0. The minimum Gasteiger partial charge on any atom is -0.379 e. The second kappa shape index (κ2) is 9.77. The summed E-state index contributed by atoms with van der Waals surface area (Å²) in [5.41, 5.74) is 0.956. The van der Waals surface area contributed by atoms with Crippen molar-refractivity contribution in [3.05, 3.63) is 35.9 Å². The lowest BCUT2D eigenvalue weighted by Gasteiger charge is -2.40. The summed E-state index contributed by atoms with van der Waals surface area (Å²) in [4.78, 5) is 20.1. The number of morpholine rings is 1. The van der Waals surface area contributed by atoms with Crippen LogP contribution in [0.1, 0.15) is 24.4 Å². The minimum absolute atomic E-state index is 0.116. The molecule has 3 aliphatic heterocycles. The summed E-state index contributed by atoms with van der Waals surface area (Å²) in [7, 11) is -2.98. The van der Waals surface area contributed by atoms with E-state index in [-0.39, 0.29) is 17.4 Å². The third-order valence-corrected chi connectivity index (χ3v) is 8.25. The molecule has 0 aromatic heterocycles. The number of likely N-dealkylation sites (tertiary alicyclic amines) is 1. The number of benzene rings is 1. The van der Waals surface area contributed by atoms with E-state index in [4.69, 9.17) is 4.74 Å². The average Bonchev–Trinajstić information content (AvgIpc) is 2.77. The first-order valence-electron chi connectivity index (χ1n) is 11.1. The van der Waals surface area contributed by atoms with Crippen molar-refractivity contribution >= 4 is 15.7 Å². The molecule has 1 aromatic carbocycles. The number of sulfone groups is 1. The molecule has 1 aromatic rings. The van der Waals surface area contributed by atoms with Crippen LogP contribution in [0.3, 0.4) is 0 Å². The van der Waals surface area contributed by atoms with Gasteiger partial charge in [-0.05, 0) is 24.3 Å². The zero-order valence-electron chi connectivity index (χ0n) is 17.6. The number of ether oxygens (including phenoxy) is 1. The monoisotopic (exact) mass is 435 g/mol. The van der Waals surface area contributed by atoms with Crippen molar-refractivity contribution in [1.82, 2.24) is 14.7 Å². The zero-order chi connectivity index (χ0) is 21.0. The van der Waals surface area contributed by atoms with Crippen molar-refractivity contribution < 1.29 is 17.9 Å². The molecule has 3 heterocycles. The topological polar surface area (TPSA) is 70.2 Å². The van der Waals surface area contributed by atoms with Crippen LogP contribution in [-0.2, 0) is 19.4 Å². The van der Waals surface area contributed by atoms with Crippen molar-refractivity contribution in [2.24, 2.45) is 5.92 Å². The van der Waals surface area contributed by atoms with Crippen molar-refractivity contribution in [2.75, 3.05) is 70.5 Å². The maximum Gasteiger partial charge on any atom is 0.244 e. The Kier molecular flexibility index (Phi) is 7.08. The zero-order valence-corrected chi connectivity index (χ0v) is 18.4. The maximum atomic E-state index is 13.6. The molecule has 166 valence electrons. The Morgan fingerprint density at radius 3 is 2.23 bits per heavy atom. The van der Waals surface area contributed by atoms with Gasteiger partial charge in [-0.1, -0.05) is 30.3 Å². The van der Waals surface area contributed by atoms with Gasteiger partial charge in [0.15, 0.2) is 9.84 Å². The fourth-order valence-electron chi connectivity index (χ4n) is 4.79. The van der Waals surface area contributed by atoms with Gasteiger partial charge in [-0.3, -0.25) is 14.6 Å². The minimum atomic E-state index is -2.98. The van der Waals surface area contributed by atoms with Crippen LogP contribution in [0.4, 0.5) is 0 Å². The van der Waals surface area contributed by atoms with Gasteiger partial charge in [0.1, 0.15) is 6.04 Å². The fourth-order valence-corrected chi connectivity index (χ4v) is 6.02. The highest BCUT2D eigenvalue weighted by atomic mass is 32.2. The Balaban J connectivity index is 1.39. The number of hydrogen-bond acceptors (Lipinski definition) is 6. The predicted octanol–water partition coefficient (Wildman–Crippen LogP) is 1.03. The quantitative estimate of drug-likeness (QED) is 0.688. The summed E-state index contributed by atoms with van der Waals surface area (Å²) in [6, 6.07) is 9.42. The highest BCUT2D eigenvalue weighted by molar-refractivity contribution is 7.91. The second-order valence-electron chi connectivity index (χ2n) is 8.68. The molecule has 1 amide bonds. The summed E-state index contributed by atoms with van der Waals surface area (Å²) in [6.07, 6.45) is 2.05. The maximum absolute atomic E-state index is 13.6. The molecule has 0 N–H and O–H groups in total. The normalized spacial score (nSPS) is 25.1. The van der Waals surface area contributed by atoms with Gasteiger partial charge in [0.05, 0.1) is 24.7 Å². The van der Waals surface area contributed by atoms with Crippen LogP contribution in [-0.4, -0.2) is 99.6 Å². The Labute approximate surface area is 179 Å². The molecule has 1 atom stereocenters. The molecular formula is C22H33N3O4S. The van der Waals surface area contributed by atoms with Gasteiger partial charge in [-0.25, -0.2) is 8.42 Å². The van der Waals surface area contributed by atoms with Crippen LogP contribution in [0.5, 0.6) is 0 Å². The van der Waals surface area contributed by atoms with Gasteiger partial charge < -0.3 is 9.64 Å². The number of nitrogens with zero attached hydrogens (tertiary/aromatic N) is 3. The van der Waals surface area contributed by atoms with Crippen LogP contribution in [0.15, 0.2) is 30.3 Å². The molecule has 0 spiro atoms. The van der Waals surface area contributed by atoms with Gasteiger partial charge in [0, 0.05) is 45.8 Å². The third kappa shape index (κ3) is 5.41. The van der Waals surface area contributed by atoms with Crippen LogP contribution in [0.25, 0.3) is 0 Å². The van der Waals surface area contributed by atoms with Gasteiger partial charge in [-0.15, -0.1) is 0 Å². The van der Waals surface area contributed by atoms with E-state index in [0.717, 1.165) is 64.3 Å².